The van der Waals surface area contributed by atoms with Crippen LogP contribution in [0.1, 0.15) is 50.8 Å². The summed E-state index contributed by atoms with van der Waals surface area (Å²) in [6, 6.07) is 6.30. The summed E-state index contributed by atoms with van der Waals surface area (Å²) in [7, 11) is 2.16. The highest BCUT2D eigenvalue weighted by atomic mass is 19.1. The standard InChI is InChI=1S/C17H29FN2/c1-13(2)20(5)11-7-6-10-19-15(4)16-9-8-14(3)17(18)12-16/h8-9,12-13,15,19H,6-7,10-11H2,1-5H3. The van der Waals surface area contributed by atoms with Gasteiger partial charge in [0.25, 0.3) is 0 Å². The highest BCUT2D eigenvalue weighted by Gasteiger charge is 2.07. The Bertz CT molecular complexity index is 404. The van der Waals surface area contributed by atoms with E-state index in [4.69, 9.17) is 0 Å². The smallest absolute Gasteiger partial charge is 0.126 e. The summed E-state index contributed by atoms with van der Waals surface area (Å²) < 4.78 is 13.5. The topological polar surface area (TPSA) is 15.3 Å². The van der Waals surface area contributed by atoms with Crippen LogP contribution in [-0.4, -0.2) is 31.1 Å². The number of hydrogen-bond acceptors (Lipinski definition) is 2. The van der Waals surface area contributed by atoms with Crippen molar-refractivity contribution < 1.29 is 4.39 Å². The maximum absolute atomic E-state index is 13.5. The van der Waals surface area contributed by atoms with Crippen molar-refractivity contribution in [2.24, 2.45) is 0 Å². The van der Waals surface area contributed by atoms with Gasteiger partial charge in [-0.05, 0) is 77.9 Å². The quantitative estimate of drug-likeness (QED) is 0.726. The molecule has 0 radical (unpaired) electrons. The third-order valence-electron chi connectivity index (χ3n) is 3.97. The van der Waals surface area contributed by atoms with Crippen molar-refractivity contribution in [1.29, 1.82) is 0 Å². The number of hydrogen-bond donors (Lipinski definition) is 1. The van der Waals surface area contributed by atoms with Crippen LogP contribution in [0.15, 0.2) is 18.2 Å². The fourth-order valence-corrected chi connectivity index (χ4v) is 2.06. The van der Waals surface area contributed by atoms with Crippen molar-refractivity contribution in [3.8, 4) is 0 Å². The first-order valence-corrected chi connectivity index (χ1v) is 7.61. The van der Waals surface area contributed by atoms with Gasteiger partial charge in [-0.3, -0.25) is 0 Å². The van der Waals surface area contributed by atoms with Crippen molar-refractivity contribution in [2.45, 2.75) is 52.6 Å². The van der Waals surface area contributed by atoms with E-state index >= 15 is 0 Å². The van der Waals surface area contributed by atoms with Crippen LogP contribution in [0.2, 0.25) is 0 Å². The van der Waals surface area contributed by atoms with Gasteiger partial charge in [0.1, 0.15) is 5.82 Å². The highest BCUT2D eigenvalue weighted by Crippen LogP contribution is 2.16. The minimum absolute atomic E-state index is 0.116. The molecule has 0 heterocycles. The molecule has 1 N–H and O–H groups in total. The van der Waals surface area contributed by atoms with E-state index in [1.807, 2.05) is 12.1 Å². The fourth-order valence-electron chi connectivity index (χ4n) is 2.06. The van der Waals surface area contributed by atoms with Crippen LogP contribution >= 0.6 is 0 Å². The van der Waals surface area contributed by atoms with E-state index in [2.05, 4.69) is 38.0 Å². The van der Waals surface area contributed by atoms with E-state index < -0.39 is 0 Å². The first-order valence-electron chi connectivity index (χ1n) is 7.61. The molecule has 1 unspecified atom stereocenters. The Balaban J connectivity index is 2.26. The Labute approximate surface area is 123 Å². The third-order valence-corrected chi connectivity index (χ3v) is 3.97. The van der Waals surface area contributed by atoms with E-state index in [0.29, 0.717) is 11.6 Å². The average molecular weight is 280 g/mol. The molecule has 0 fully saturated rings. The molecule has 0 aliphatic heterocycles. The molecule has 0 aliphatic rings. The van der Waals surface area contributed by atoms with Gasteiger partial charge in [0, 0.05) is 12.1 Å². The predicted molar refractivity (Wildman–Crippen MR) is 84.6 cm³/mol. The van der Waals surface area contributed by atoms with Gasteiger partial charge in [-0.1, -0.05) is 12.1 Å². The molecule has 20 heavy (non-hydrogen) atoms. The molecule has 0 saturated heterocycles. The fraction of sp³-hybridized carbons (Fsp3) is 0.647. The zero-order valence-corrected chi connectivity index (χ0v) is 13.5. The van der Waals surface area contributed by atoms with Gasteiger partial charge in [0.15, 0.2) is 0 Å². The van der Waals surface area contributed by atoms with Gasteiger partial charge in [-0.15, -0.1) is 0 Å². The number of nitrogens with one attached hydrogen (secondary N) is 1. The Hall–Kier alpha value is -0.930. The van der Waals surface area contributed by atoms with Crippen LogP contribution < -0.4 is 5.32 Å². The van der Waals surface area contributed by atoms with Crippen LogP contribution in [0.3, 0.4) is 0 Å². The third kappa shape index (κ3) is 5.59. The van der Waals surface area contributed by atoms with Crippen molar-refractivity contribution in [2.75, 3.05) is 20.1 Å². The lowest BCUT2D eigenvalue weighted by molar-refractivity contribution is 0.267. The molecular formula is C17H29FN2. The van der Waals surface area contributed by atoms with E-state index in [-0.39, 0.29) is 11.9 Å². The molecule has 114 valence electrons. The van der Waals surface area contributed by atoms with Crippen LogP contribution in [0.4, 0.5) is 4.39 Å². The van der Waals surface area contributed by atoms with Gasteiger partial charge in [0.2, 0.25) is 0 Å². The number of benzene rings is 1. The van der Waals surface area contributed by atoms with Crippen molar-refractivity contribution in [1.82, 2.24) is 10.2 Å². The maximum atomic E-state index is 13.5. The highest BCUT2D eigenvalue weighted by molar-refractivity contribution is 5.25. The summed E-state index contributed by atoms with van der Waals surface area (Å²) >= 11 is 0. The summed E-state index contributed by atoms with van der Waals surface area (Å²) in [4.78, 5) is 2.36. The Morgan fingerprint density at radius 2 is 1.90 bits per heavy atom. The minimum atomic E-state index is -0.116. The second-order valence-electron chi connectivity index (χ2n) is 5.97. The van der Waals surface area contributed by atoms with Crippen molar-refractivity contribution in [3.63, 3.8) is 0 Å². The average Bonchev–Trinajstić information content (AvgIpc) is 2.40. The molecule has 1 aromatic carbocycles. The molecule has 0 aromatic heterocycles. The predicted octanol–water partition coefficient (Wildman–Crippen LogP) is 3.91. The molecule has 1 atom stereocenters. The molecule has 1 aromatic rings. The van der Waals surface area contributed by atoms with Gasteiger partial charge in [-0.2, -0.15) is 0 Å². The summed E-state index contributed by atoms with van der Waals surface area (Å²) in [5.41, 5.74) is 1.73. The van der Waals surface area contributed by atoms with Gasteiger partial charge < -0.3 is 10.2 Å². The second-order valence-corrected chi connectivity index (χ2v) is 5.97. The second kappa shape index (κ2) is 8.38. The molecule has 0 aliphatic carbocycles. The van der Waals surface area contributed by atoms with Crippen LogP contribution in [0, 0.1) is 12.7 Å². The molecule has 0 amide bonds. The Kier molecular flexibility index (Phi) is 7.17. The first kappa shape index (κ1) is 17.1. The summed E-state index contributed by atoms with van der Waals surface area (Å²) in [5, 5.41) is 3.46. The lowest BCUT2D eigenvalue weighted by atomic mass is 10.1. The number of unbranched alkanes of at least 4 members (excludes halogenated alkanes) is 1. The molecule has 3 heteroatoms. The molecule has 0 spiro atoms. The largest absolute Gasteiger partial charge is 0.310 e. The van der Waals surface area contributed by atoms with E-state index in [1.54, 1.807) is 13.0 Å². The summed E-state index contributed by atoms with van der Waals surface area (Å²) in [5.74, 6) is -0.116. The Morgan fingerprint density at radius 3 is 2.50 bits per heavy atom. The van der Waals surface area contributed by atoms with E-state index in [0.717, 1.165) is 25.1 Å². The first-order chi connectivity index (χ1) is 9.41. The Morgan fingerprint density at radius 1 is 1.20 bits per heavy atom. The minimum Gasteiger partial charge on any atom is -0.310 e. The molecule has 1 rings (SSSR count). The normalized spacial score (nSPS) is 13.2. The molecule has 0 saturated carbocycles. The van der Waals surface area contributed by atoms with Gasteiger partial charge >= 0.3 is 0 Å². The van der Waals surface area contributed by atoms with Gasteiger partial charge in [-0.25, -0.2) is 4.39 Å². The number of nitrogens with zero attached hydrogens (tertiary/aromatic N) is 1. The summed E-state index contributed by atoms with van der Waals surface area (Å²) in [6.45, 7) is 10.4. The monoisotopic (exact) mass is 280 g/mol. The number of rotatable bonds is 8. The SMILES string of the molecule is Cc1ccc(C(C)NCCCCN(C)C(C)C)cc1F. The van der Waals surface area contributed by atoms with Crippen LogP contribution in [0.25, 0.3) is 0 Å². The number of aryl methyl sites for hydroxylation is 1. The van der Waals surface area contributed by atoms with E-state index in [9.17, 15) is 4.39 Å². The lowest BCUT2D eigenvalue weighted by Gasteiger charge is -2.21. The molecule has 2 nitrogen and oxygen atoms in total. The zero-order chi connectivity index (χ0) is 15.1. The molecular weight excluding hydrogens is 251 g/mol. The van der Waals surface area contributed by atoms with Gasteiger partial charge in [0.05, 0.1) is 0 Å². The van der Waals surface area contributed by atoms with E-state index in [1.165, 1.54) is 6.42 Å². The van der Waals surface area contributed by atoms with Crippen molar-refractivity contribution in [3.05, 3.63) is 35.1 Å². The summed E-state index contributed by atoms with van der Waals surface area (Å²) in [6.07, 6.45) is 2.34. The van der Waals surface area contributed by atoms with Crippen LogP contribution in [-0.2, 0) is 0 Å². The number of halogens is 1. The maximum Gasteiger partial charge on any atom is 0.126 e. The molecule has 0 bridgehead atoms. The zero-order valence-electron chi connectivity index (χ0n) is 13.5. The van der Waals surface area contributed by atoms with Crippen LogP contribution in [0.5, 0.6) is 0 Å². The van der Waals surface area contributed by atoms with Crippen molar-refractivity contribution >= 4 is 0 Å². The lowest BCUT2D eigenvalue weighted by Crippen LogP contribution is -2.28.